The third-order valence-electron chi connectivity index (χ3n) is 5.18. The van der Waals surface area contributed by atoms with Gasteiger partial charge in [-0.1, -0.05) is 74.3 Å². The van der Waals surface area contributed by atoms with Gasteiger partial charge in [0.1, 0.15) is 12.4 Å². The smallest absolute Gasteiger partial charge is 0.200 e. The number of hydrogen-bond donors (Lipinski definition) is 0. The first-order valence-corrected chi connectivity index (χ1v) is 10.8. The van der Waals surface area contributed by atoms with Crippen molar-refractivity contribution in [1.82, 2.24) is 0 Å². The SMILES string of the molecule is C=Cc1ccc(-c2ccc(-c3ccc(OCC(=C)/C(F)=C(/F)C(=C)OCC)cc3)c(F)c2F)cc1. The highest BCUT2D eigenvalue weighted by Gasteiger charge is 2.17. The number of rotatable bonds is 10. The molecule has 6 heteroatoms. The van der Waals surface area contributed by atoms with E-state index in [0.717, 1.165) is 5.56 Å². The maximum Gasteiger partial charge on any atom is 0.200 e. The molecule has 35 heavy (non-hydrogen) atoms. The van der Waals surface area contributed by atoms with Crippen molar-refractivity contribution in [2.24, 2.45) is 0 Å². The molecule has 3 rings (SSSR count). The van der Waals surface area contributed by atoms with Gasteiger partial charge in [0, 0.05) is 16.7 Å². The summed E-state index contributed by atoms with van der Waals surface area (Å²) in [7, 11) is 0. The van der Waals surface area contributed by atoms with Gasteiger partial charge in [0.25, 0.3) is 0 Å². The van der Waals surface area contributed by atoms with E-state index in [1.54, 1.807) is 37.3 Å². The number of halogens is 4. The largest absolute Gasteiger partial charge is 0.491 e. The summed E-state index contributed by atoms with van der Waals surface area (Å²) in [5.41, 5.74) is 1.83. The summed E-state index contributed by atoms with van der Waals surface area (Å²) in [5.74, 6) is -4.50. The van der Waals surface area contributed by atoms with E-state index < -0.39 is 29.0 Å². The molecule has 0 bridgehead atoms. The lowest BCUT2D eigenvalue weighted by Crippen LogP contribution is -2.03. The maximum absolute atomic E-state index is 14.9. The molecule has 180 valence electrons. The van der Waals surface area contributed by atoms with Crippen LogP contribution in [0.5, 0.6) is 5.75 Å². The summed E-state index contributed by atoms with van der Waals surface area (Å²) in [5, 5.41) is 0. The van der Waals surface area contributed by atoms with Crippen LogP contribution >= 0.6 is 0 Å². The van der Waals surface area contributed by atoms with Gasteiger partial charge in [0.05, 0.1) is 6.61 Å². The minimum atomic E-state index is -1.24. The van der Waals surface area contributed by atoms with Gasteiger partial charge < -0.3 is 9.47 Å². The normalized spacial score (nSPS) is 11.5. The van der Waals surface area contributed by atoms with Crippen LogP contribution in [0.1, 0.15) is 12.5 Å². The molecule has 0 unspecified atom stereocenters. The van der Waals surface area contributed by atoms with E-state index in [9.17, 15) is 17.6 Å². The first-order chi connectivity index (χ1) is 16.8. The average Bonchev–Trinajstić information content (AvgIpc) is 2.88. The van der Waals surface area contributed by atoms with Gasteiger partial charge >= 0.3 is 0 Å². The minimum Gasteiger partial charge on any atom is -0.491 e. The van der Waals surface area contributed by atoms with E-state index in [2.05, 4.69) is 19.7 Å². The summed E-state index contributed by atoms with van der Waals surface area (Å²) in [6, 6.07) is 16.1. The molecule has 0 aliphatic rings. The maximum atomic E-state index is 14.9. The fraction of sp³-hybridized carbons (Fsp3) is 0.103. The fourth-order valence-corrected chi connectivity index (χ4v) is 3.27. The zero-order valence-corrected chi connectivity index (χ0v) is 19.2. The second-order valence-electron chi connectivity index (χ2n) is 7.52. The lowest BCUT2D eigenvalue weighted by atomic mass is 9.98. The van der Waals surface area contributed by atoms with E-state index in [1.165, 1.54) is 36.4 Å². The molecule has 0 aromatic heterocycles. The number of hydrogen-bond acceptors (Lipinski definition) is 2. The van der Waals surface area contributed by atoms with Crippen molar-refractivity contribution in [2.75, 3.05) is 13.2 Å². The molecule has 0 aliphatic carbocycles. The monoisotopic (exact) mass is 480 g/mol. The van der Waals surface area contributed by atoms with Crippen molar-refractivity contribution in [3.8, 4) is 28.0 Å². The highest BCUT2D eigenvalue weighted by Crippen LogP contribution is 2.32. The molecular weight excluding hydrogens is 456 g/mol. The van der Waals surface area contributed by atoms with Crippen LogP contribution in [0.25, 0.3) is 28.3 Å². The highest BCUT2D eigenvalue weighted by atomic mass is 19.2. The summed E-state index contributed by atoms with van der Waals surface area (Å²) >= 11 is 0. The zero-order valence-electron chi connectivity index (χ0n) is 19.2. The topological polar surface area (TPSA) is 18.5 Å². The molecular formula is C29H24F4O2. The van der Waals surface area contributed by atoms with Gasteiger partial charge in [-0.05, 0) is 35.7 Å². The first-order valence-electron chi connectivity index (χ1n) is 10.8. The Balaban J connectivity index is 1.73. The van der Waals surface area contributed by atoms with Crippen LogP contribution in [0.15, 0.2) is 103 Å². The van der Waals surface area contributed by atoms with Crippen LogP contribution in [0.3, 0.4) is 0 Å². The molecule has 0 spiro atoms. The Kier molecular flexibility index (Phi) is 8.31. The van der Waals surface area contributed by atoms with Gasteiger partial charge in [-0.15, -0.1) is 0 Å². The standard InChI is InChI=1S/C29H24F4O2/c1-5-20-7-9-21(10-8-20)24-15-16-25(29(33)28(24)32)22-11-13-23(14-12-22)35-17-18(3)26(30)27(31)19(4)34-6-2/h5,7-16H,1,3-4,6,17H2,2H3/b27-26-. The molecule has 0 heterocycles. The number of allylic oxidation sites excluding steroid dienone is 1. The highest BCUT2D eigenvalue weighted by molar-refractivity contribution is 5.72. The molecule has 0 amide bonds. The third-order valence-corrected chi connectivity index (χ3v) is 5.18. The lowest BCUT2D eigenvalue weighted by Gasteiger charge is -2.12. The molecule has 0 aliphatic heterocycles. The lowest BCUT2D eigenvalue weighted by molar-refractivity contribution is 0.223. The van der Waals surface area contributed by atoms with E-state index in [-0.39, 0.29) is 29.9 Å². The van der Waals surface area contributed by atoms with E-state index in [4.69, 9.17) is 9.47 Å². The Morgan fingerprint density at radius 2 is 1.31 bits per heavy atom. The van der Waals surface area contributed by atoms with E-state index >= 15 is 0 Å². The van der Waals surface area contributed by atoms with Crippen LogP contribution < -0.4 is 4.74 Å². The van der Waals surface area contributed by atoms with Crippen molar-refractivity contribution in [2.45, 2.75) is 6.92 Å². The Morgan fingerprint density at radius 1 is 0.800 bits per heavy atom. The van der Waals surface area contributed by atoms with Crippen LogP contribution in [-0.2, 0) is 4.74 Å². The molecule has 0 fully saturated rings. The molecule has 3 aromatic rings. The second-order valence-corrected chi connectivity index (χ2v) is 7.52. The summed E-state index contributed by atoms with van der Waals surface area (Å²) in [6.07, 6.45) is 1.66. The van der Waals surface area contributed by atoms with Crippen LogP contribution in [0.2, 0.25) is 0 Å². The molecule has 3 aromatic carbocycles. The van der Waals surface area contributed by atoms with E-state index in [0.29, 0.717) is 16.9 Å². The second kappa shape index (κ2) is 11.4. The Labute approximate surface area is 202 Å². The molecule has 0 N–H and O–H groups in total. The average molecular weight is 481 g/mol. The molecule has 0 atom stereocenters. The van der Waals surface area contributed by atoms with Crippen molar-refractivity contribution >= 4 is 6.08 Å². The summed E-state index contributed by atoms with van der Waals surface area (Å²) in [4.78, 5) is 0. The predicted octanol–water partition coefficient (Wildman–Crippen LogP) is 8.58. The van der Waals surface area contributed by atoms with Crippen molar-refractivity contribution in [1.29, 1.82) is 0 Å². The zero-order chi connectivity index (χ0) is 25.5. The van der Waals surface area contributed by atoms with Gasteiger partial charge in [0.2, 0.25) is 0 Å². The predicted molar refractivity (Wildman–Crippen MR) is 132 cm³/mol. The van der Waals surface area contributed by atoms with Crippen molar-refractivity contribution < 1.29 is 27.0 Å². The number of benzene rings is 3. The molecule has 2 nitrogen and oxygen atoms in total. The molecule has 0 saturated carbocycles. The van der Waals surface area contributed by atoms with Gasteiger partial charge in [-0.3, -0.25) is 0 Å². The van der Waals surface area contributed by atoms with Gasteiger partial charge in [-0.2, -0.15) is 4.39 Å². The van der Waals surface area contributed by atoms with Crippen molar-refractivity contribution in [3.63, 3.8) is 0 Å². The summed E-state index contributed by atoms with van der Waals surface area (Å²) in [6.45, 7) is 11.9. The van der Waals surface area contributed by atoms with Gasteiger partial charge in [0.15, 0.2) is 29.0 Å². The quantitative estimate of drug-likeness (QED) is 0.164. The van der Waals surface area contributed by atoms with Crippen molar-refractivity contribution in [3.05, 3.63) is 121 Å². The fourth-order valence-electron chi connectivity index (χ4n) is 3.27. The minimum absolute atomic E-state index is 0.0791. The Bertz CT molecular complexity index is 1270. The molecule has 0 saturated heterocycles. The Hall–Kier alpha value is -4.06. The summed E-state index contributed by atoms with van der Waals surface area (Å²) < 4.78 is 68.1. The van der Waals surface area contributed by atoms with Crippen LogP contribution in [-0.4, -0.2) is 13.2 Å². The van der Waals surface area contributed by atoms with Gasteiger partial charge in [-0.25, -0.2) is 13.2 Å². The van der Waals surface area contributed by atoms with E-state index in [1.807, 2.05) is 0 Å². The Morgan fingerprint density at radius 3 is 1.80 bits per heavy atom. The van der Waals surface area contributed by atoms with Crippen LogP contribution in [0, 0.1) is 11.6 Å². The number of ether oxygens (including phenoxy) is 2. The third kappa shape index (κ3) is 5.90. The molecule has 0 radical (unpaired) electrons. The first kappa shape index (κ1) is 25.6. The van der Waals surface area contributed by atoms with Crippen LogP contribution in [0.4, 0.5) is 17.6 Å².